The number of hydrazone groups is 1. The van der Waals surface area contributed by atoms with Gasteiger partial charge < -0.3 is 4.74 Å². The Morgan fingerprint density at radius 3 is 2.39 bits per heavy atom. The van der Waals surface area contributed by atoms with Crippen LogP contribution < -0.4 is 10.2 Å². The van der Waals surface area contributed by atoms with Crippen molar-refractivity contribution in [2.24, 2.45) is 5.10 Å². The van der Waals surface area contributed by atoms with Gasteiger partial charge >= 0.3 is 5.97 Å². The summed E-state index contributed by atoms with van der Waals surface area (Å²) in [6.07, 6.45) is 1.49. The first-order valence-corrected chi connectivity index (χ1v) is 8.87. The fourth-order valence-corrected chi connectivity index (χ4v) is 2.71. The standard InChI is InChI=1S/C22H17ClN2O3/c1-15-7-12-19(20(23)13-15)21(26)25-24-14-16-8-10-18(11-9-16)28-22(27)17-5-3-2-4-6-17/h2-14H,1H3,(H,25,26)/b24-14+. The number of nitrogens with one attached hydrogen (secondary N) is 1. The molecule has 0 aliphatic heterocycles. The van der Waals surface area contributed by atoms with Crippen LogP contribution >= 0.6 is 11.6 Å². The Labute approximate surface area is 167 Å². The van der Waals surface area contributed by atoms with Gasteiger partial charge in [-0.05, 0) is 66.6 Å². The van der Waals surface area contributed by atoms with Crippen LogP contribution in [0.15, 0.2) is 77.9 Å². The summed E-state index contributed by atoms with van der Waals surface area (Å²) < 4.78 is 5.31. The first-order chi connectivity index (χ1) is 13.5. The lowest BCUT2D eigenvalue weighted by molar-refractivity contribution is 0.0734. The van der Waals surface area contributed by atoms with Gasteiger partial charge in [-0.25, -0.2) is 10.2 Å². The van der Waals surface area contributed by atoms with Gasteiger partial charge in [0, 0.05) is 0 Å². The van der Waals surface area contributed by atoms with Gasteiger partial charge in [0.15, 0.2) is 0 Å². The molecule has 1 amide bonds. The highest BCUT2D eigenvalue weighted by Gasteiger charge is 2.09. The zero-order chi connectivity index (χ0) is 19.9. The first-order valence-electron chi connectivity index (χ1n) is 8.50. The fourth-order valence-electron chi connectivity index (χ4n) is 2.39. The van der Waals surface area contributed by atoms with E-state index in [1.165, 1.54) is 6.21 Å². The summed E-state index contributed by atoms with van der Waals surface area (Å²) in [5, 5.41) is 4.30. The van der Waals surface area contributed by atoms with Crippen LogP contribution in [0.2, 0.25) is 5.02 Å². The number of amides is 1. The summed E-state index contributed by atoms with van der Waals surface area (Å²) >= 11 is 6.07. The van der Waals surface area contributed by atoms with Gasteiger partial charge in [0.1, 0.15) is 5.75 Å². The van der Waals surface area contributed by atoms with Crippen molar-refractivity contribution in [3.8, 4) is 5.75 Å². The molecule has 28 heavy (non-hydrogen) atoms. The van der Waals surface area contributed by atoms with E-state index in [4.69, 9.17) is 16.3 Å². The molecule has 0 saturated carbocycles. The van der Waals surface area contributed by atoms with Gasteiger partial charge in [0.05, 0.1) is 22.4 Å². The fraction of sp³-hybridized carbons (Fsp3) is 0.0455. The Bertz CT molecular complexity index is 1020. The third kappa shape index (κ3) is 5.05. The molecule has 0 aromatic heterocycles. The molecule has 0 unspecified atom stereocenters. The maximum absolute atomic E-state index is 12.1. The van der Waals surface area contributed by atoms with Crippen molar-refractivity contribution in [1.82, 2.24) is 5.43 Å². The number of benzene rings is 3. The molecule has 0 aliphatic carbocycles. The number of hydrogen-bond acceptors (Lipinski definition) is 4. The van der Waals surface area contributed by atoms with Crippen LogP contribution in [0, 0.1) is 6.92 Å². The molecule has 0 spiro atoms. The zero-order valence-corrected chi connectivity index (χ0v) is 15.8. The second-order valence-corrected chi connectivity index (χ2v) is 6.41. The second-order valence-electron chi connectivity index (χ2n) is 6.01. The molecular weight excluding hydrogens is 376 g/mol. The highest BCUT2D eigenvalue weighted by molar-refractivity contribution is 6.33. The number of esters is 1. The minimum atomic E-state index is -0.427. The van der Waals surface area contributed by atoms with E-state index in [-0.39, 0.29) is 0 Å². The van der Waals surface area contributed by atoms with Crippen molar-refractivity contribution in [3.05, 3.63) is 100 Å². The number of carbonyl (C=O) groups excluding carboxylic acids is 2. The van der Waals surface area contributed by atoms with E-state index in [2.05, 4.69) is 10.5 Å². The third-order valence-electron chi connectivity index (χ3n) is 3.85. The Morgan fingerprint density at radius 1 is 1.00 bits per heavy atom. The summed E-state index contributed by atoms with van der Waals surface area (Å²) in [4.78, 5) is 24.1. The molecule has 6 heteroatoms. The van der Waals surface area contributed by atoms with Crippen LogP contribution in [-0.2, 0) is 0 Å². The van der Waals surface area contributed by atoms with Crippen molar-refractivity contribution in [3.63, 3.8) is 0 Å². The molecule has 1 N–H and O–H groups in total. The minimum Gasteiger partial charge on any atom is -0.423 e. The summed E-state index contributed by atoms with van der Waals surface area (Å²) in [6, 6.07) is 20.7. The van der Waals surface area contributed by atoms with Crippen LogP contribution in [0.25, 0.3) is 0 Å². The summed E-state index contributed by atoms with van der Waals surface area (Å²) in [7, 11) is 0. The average Bonchev–Trinajstić information content (AvgIpc) is 2.70. The predicted molar refractivity (Wildman–Crippen MR) is 109 cm³/mol. The molecule has 0 fully saturated rings. The Hall–Kier alpha value is -3.44. The van der Waals surface area contributed by atoms with Crippen LogP contribution in [0.3, 0.4) is 0 Å². The second kappa shape index (κ2) is 8.97. The van der Waals surface area contributed by atoms with Crippen molar-refractivity contribution < 1.29 is 14.3 Å². The smallest absolute Gasteiger partial charge is 0.343 e. The van der Waals surface area contributed by atoms with E-state index >= 15 is 0 Å². The van der Waals surface area contributed by atoms with Gasteiger partial charge in [-0.2, -0.15) is 5.10 Å². The average molecular weight is 393 g/mol. The summed E-state index contributed by atoms with van der Waals surface area (Å²) in [5.41, 5.74) is 4.97. The number of rotatable bonds is 5. The van der Waals surface area contributed by atoms with Crippen LogP contribution in [0.4, 0.5) is 0 Å². The highest BCUT2D eigenvalue weighted by atomic mass is 35.5. The molecule has 0 bridgehead atoms. The van der Waals surface area contributed by atoms with Gasteiger partial charge in [-0.1, -0.05) is 35.9 Å². The largest absolute Gasteiger partial charge is 0.423 e. The number of carbonyl (C=O) groups is 2. The molecule has 3 aromatic rings. The Balaban J connectivity index is 1.58. The lowest BCUT2D eigenvalue weighted by Crippen LogP contribution is -2.18. The lowest BCUT2D eigenvalue weighted by atomic mass is 10.1. The van der Waals surface area contributed by atoms with Gasteiger partial charge in [-0.15, -0.1) is 0 Å². The normalized spacial score (nSPS) is 10.6. The highest BCUT2D eigenvalue weighted by Crippen LogP contribution is 2.17. The lowest BCUT2D eigenvalue weighted by Gasteiger charge is -2.05. The number of nitrogens with zero attached hydrogens (tertiary/aromatic N) is 1. The summed E-state index contributed by atoms with van der Waals surface area (Å²) in [5.74, 6) is -0.402. The molecule has 0 aliphatic rings. The van der Waals surface area contributed by atoms with Gasteiger partial charge in [-0.3, -0.25) is 4.79 Å². The first kappa shape index (κ1) is 19.3. The van der Waals surface area contributed by atoms with Crippen molar-refractivity contribution in [2.75, 3.05) is 0 Å². The monoisotopic (exact) mass is 392 g/mol. The topological polar surface area (TPSA) is 67.8 Å². The molecule has 0 heterocycles. The van der Waals surface area contributed by atoms with Crippen LogP contribution in [0.1, 0.15) is 31.8 Å². The Morgan fingerprint density at radius 2 is 1.71 bits per heavy atom. The summed E-state index contributed by atoms with van der Waals surface area (Å²) in [6.45, 7) is 1.90. The van der Waals surface area contributed by atoms with E-state index in [0.717, 1.165) is 11.1 Å². The molecule has 140 valence electrons. The number of aryl methyl sites for hydroxylation is 1. The van der Waals surface area contributed by atoms with Gasteiger partial charge in [0.2, 0.25) is 0 Å². The van der Waals surface area contributed by atoms with Crippen molar-refractivity contribution in [2.45, 2.75) is 6.92 Å². The molecule has 3 aromatic carbocycles. The predicted octanol–water partition coefficient (Wildman–Crippen LogP) is 4.63. The molecular formula is C22H17ClN2O3. The van der Waals surface area contributed by atoms with Crippen molar-refractivity contribution >= 4 is 29.7 Å². The van der Waals surface area contributed by atoms with Crippen LogP contribution in [0.5, 0.6) is 5.75 Å². The van der Waals surface area contributed by atoms with Crippen molar-refractivity contribution in [1.29, 1.82) is 0 Å². The number of ether oxygens (including phenoxy) is 1. The maximum atomic E-state index is 12.1. The molecule has 5 nitrogen and oxygen atoms in total. The van der Waals surface area contributed by atoms with E-state index in [0.29, 0.717) is 21.9 Å². The van der Waals surface area contributed by atoms with E-state index in [9.17, 15) is 9.59 Å². The third-order valence-corrected chi connectivity index (χ3v) is 4.16. The molecule has 0 radical (unpaired) electrons. The SMILES string of the molecule is Cc1ccc(C(=O)N/N=C/c2ccc(OC(=O)c3ccccc3)cc2)c(Cl)c1. The van der Waals surface area contributed by atoms with Crippen LogP contribution in [-0.4, -0.2) is 18.1 Å². The number of halogens is 1. The van der Waals surface area contributed by atoms with E-state index in [1.54, 1.807) is 66.7 Å². The maximum Gasteiger partial charge on any atom is 0.343 e. The molecule has 3 rings (SSSR count). The quantitative estimate of drug-likeness (QED) is 0.298. The van der Waals surface area contributed by atoms with Gasteiger partial charge in [0.25, 0.3) is 5.91 Å². The van der Waals surface area contributed by atoms with E-state index < -0.39 is 11.9 Å². The minimum absolute atomic E-state index is 0.354. The molecule has 0 atom stereocenters. The zero-order valence-electron chi connectivity index (χ0n) is 15.1. The molecule has 0 saturated heterocycles. The van der Waals surface area contributed by atoms with E-state index in [1.807, 2.05) is 13.0 Å². The number of hydrogen-bond donors (Lipinski definition) is 1. The Kier molecular flexibility index (Phi) is 6.19.